The van der Waals surface area contributed by atoms with E-state index >= 15 is 0 Å². The molecule has 6 atom stereocenters. The van der Waals surface area contributed by atoms with Crippen molar-refractivity contribution in [3.05, 3.63) is 23.8 Å². The summed E-state index contributed by atoms with van der Waals surface area (Å²) in [5.74, 6) is 4.72. The minimum Gasteiger partial charge on any atom is -0.0958 e. The molecule has 0 heteroatoms. The summed E-state index contributed by atoms with van der Waals surface area (Å²) in [7, 11) is 0. The van der Waals surface area contributed by atoms with Gasteiger partial charge >= 0.3 is 0 Å². The molecule has 0 saturated heterocycles. The minimum atomic E-state index is 0.588. The molecular weight excluding hydrogens is 312 g/mol. The van der Waals surface area contributed by atoms with Crippen LogP contribution < -0.4 is 0 Å². The predicted molar refractivity (Wildman–Crippen MR) is 117 cm³/mol. The van der Waals surface area contributed by atoms with Gasteiger partial charge in [-0.1, -0.05) is 91.0 Å². The molecule has 3 aliphatic rings. The monoisotopic (exact) mass is 358 g/mol. The molecule has 26 heavy (non-hydrogen) atoms. The molecule has 0 spiro atoms. The lowest BCUT2D eigenvalue weighted by molar-refractivity contribution is -0.0552. The van der Waals surface area contributed by atoms with Gasteiger partial charge in [-0.25, -0.2) is 0 Å². The highest BCUT2D eigenvalue weighted by Crippen LogP contribution is 2.60. The number of unbranched alkanes of at least 4 members (excludes halogenated alkanes) is 1. The highest BCUT2D eigenvalue weighted by Gasteiger charge is 2.51. The van der Waals surface area contributed by atoms with Crippen LogP contribution in [0.5, 0.6) is 0 Å². The number of allylic oxidation sites excluding steroid dienone is 3. The van der Waals surface area contributed by atoms with Crippen LogP contribution in [0.1, 0.15) is 106 Å². The zero-order chi connectivity index (χ0) is 19.3. The smallest absolute Gasteiger partial charge is 0.0166 e. The topological polar surface area (TPSA) is 0 Å². The van der Waals surface area contributed by atoms with E-state index in [1.54, 1.807) is 5.57 Å². The van der Waals surface area contributed by atoms with Gasteiger partial charge in [0.2, 0.25) is 0 Å². The van der Waals surface area contributed by atoms with Gasteiger partial charge in [0, 0.05) is 0 Å². The summed E-state index contributed by atoms with van der Waals surface area (Å²) >= 11 is 0. The summed E-state index contributed by atoms with van der Waals surface area (Å²) in [6.07, 6.45) is 16.5. The van der Waals surface area contributed by atoms with E-state index in [1.807, 2.05) is 13.8 Å². The van der Waals surface area contributed by atoms with Crippen LogP contribution >= 0.6 is 0 Å². The summed E-state index contributed by atoms with van der Waals surface area (Å²) in [4.78, 5) is 0. The SMILES string of the molecule is C=C1C=C2CCC3C(CCC(C)(C(C)CCCC)C3CC)C2CC1.CC. The molecule has 6 unspecified atom stereocenters. The third-order valence-corrected chi connectivity index (χ3v) is 8.41. The quantitative estimate of drug-likeness (QED) is 0.461. The van der Waals surface area contributed by atoms with Crippen molar-refractivity contribution in [2.75, 3.05) is 0 Å². The maximum Gasteiger partial charge on any atom is -0.0166 e. The van der Waals surface area contributed by atoms with Crippen LogP contribution in [0.4, 0.5) is 0 Å². The van der Waals surface area contributed by atoms with E-state index in [9.17, 15) is 0 Å². The highest BCUT2D eigenvalue weighted by atomic mass is 14.6. The Morgan fingerprint density at radius 1 is 1.12 bits per heavy atom. The normalized spacial score (nSPS) is 37.6. The van der Waals surface area contributed by atoms with Gasteiger partial charge < -0.3 is 0 Å². The Morgan fingerprint density at radius 3 is 2.50 bits per heavy atom. The Kier molecular flexibility index (Phi) is 8.05. The fourth-order valence-corrected chi connectivity index (χ4v) is 6.85. The van der Waals surface area contributed by atoms with Crippen LogP contribution in [0.15, 0.2) is 23.8 Å². The average Bonchev–Trinajstić information content (AvgIpc) is 2.66. The van der Waals surface area contributed by atoms with Gasteiger partial charge in [-0.15, -0.1) is 0 Å². The Morgan fingerprint density at radius 2 is 1.85 bits per heavy atom. The Bertz CT molecular complexity index is 484. The first-order valence-electron chi connectivity index (χ1n) is 11.9. The first kappa shape index (κ1) is 21.8. The van der Waals surface area contributed by atoms with Crippen molar-refractivity contribution < 1.29 is 0 Å². The summed E-state index contributed by atoms with van der Waals surface area (Å²) in [5, 5.41) is 0. The number of rotatable bonds is 5. The number of hydrogen-bond acceptors (Lipinski definition) is 0. The van der Waals surface area contributed by atoms with E-state index in [2.05, 4.69) is 40.3 Å². The van der Waals surface area contributed by atoms with Crippen molar-refractivity contribution >= 4 is 0 Å². The minimum absolute atomic E-state index is 0.588. The molecule has 0 aliphatic heterocycles. The van der Waals surface area contributed by atoms with Gasteiger partial charge in [-0.3, -0.25) is 0 Å². The predicted octanol–water partition coefficient (Wildman–Crippen LogP) is 8.58. The van der Waals surface area contributed by atoms with E-state index in [0.717, 1.165) is 29.6 Å². The van der Waals surface area contributed by atoms with E-state index < -0.39 is 0 Å². The van der Waals surface area contributed by atoms with Crippen LogP contribution in [0.3, 0.4) is 0 Å². The highest BCUT2D eigenvalue weighted by molar-refractivity contribution is 5.29. The molecule has 0 aromatic heterocycles. The molecular formula is C26H46. The maximum atomic E-state index is 4.24. The van der Waals surface area contributed by atoms with Crippen LogP contribution in [0.2, 0.25) is 0 Å². The lowest BCUT2D eigenvalue weighted by Gasteiger charge is -2.57. The molecule has 0 aromatic rings. The molecule has 3 rings (SSSR count). The molecule has 0 N–H and O–H groups in total. The van der Waals surface area contributed by atoms with E-state index in [4.69, 9.17) is 0 Å². The van der Waals surface area contributed by atoms with Crippen molar-refractivity contribution in [2.24, 2.45) is 35.0 Å². The second-order valence-electron chi connectivity index (χ2n) is 9.49. The zero-order valence-corrected chi connectivity index (χ0v) is 18.7. The molecule has 0 nitrogen and oxygen atoms in total. The van der Waals surface area contributed by atoms with Crippen LogP contribution in [0, 0.1) is 35.0 Å². The second-order valence-corrected chi connectivity index (χ2v) is 9.49. The maximum absolute atomic E-state index is 4.24. The standard InChI is InChI=1S/C24H40.C2H6/c1-6-8-9-18(4)24(5)15-14-21-20-12-10-17(3)16-19(20)11-13-22(21)23(24)7-2;1-2/h16,18,20-23H,3,6-15H2,1-2,4-5H3;1-2H3. The molecule has 2 fully saturated rings. The molecule has 0 aromatic carbocycles. The summed E-state index contributed by atoms with van der Waals surface area (Å²) < 4.78 is 0. The summed E-state index contributed by atoms with van der Waals surface area (Å²) in [6.45, 7) is 18.3. The molecule has 3 aliphatic carbocycles. The number of hydrogen-bond donors (Lipinski definition) is 0. The van der Waals surface area contributed by atoms with Gasteiger partial charge in [0.25, 0.3) is 0 Å². The van der Waals surface area contributed by atoms with E-state index in [0.29, 0.717) is 5.41 Å². The molecule has 0 heterocycles. The lowest BCUT2D eigenvalue weighted by atomic mass is 9.48. The first-order valence-corrected chi connectivity index (χ1v) is 11.9. The largest absolute Gasteiger partial charge is 0.0958 e. The average molecular weight is 359 g/mol. The van der Waals surface area contributed by atoms with Crippen LogP contribution in [-0.4, -0.2) is 0 Å². The van der Waals surface area contributed by atoms with Gasteiger partial charge in [0.15, 0.2) is 0 Å². The molecule has 0 radical (unpaired) electrons. The van der Waals surface area contributed by atoms with Crippen molar-refractivity contribution in [1.82, 2.24) is 0 Å². The van der Waals surface area contributed by atoms with Gasteiger partial charge in [-0.05, 0) is 73.5 Å². The summed E-state index contributed by atoms with van der Waals surface area (Å²) in [6, 6.07) is 0. The molecule has 2 saturated carbocycles. The Labute approximate surface area is 164 Å². The Hall–Kier alpha value is -0.520. The lowest BCUT2D eigenvalue weighted by Crippen LogP contribution is -2.48. The zero-order valence-electron chi connectivity index (χ0n) is 18.7. The fourth-order valence-electron chi connectivity index (χ4n) is 6.85. The molecule has 150 valence electrons. The van der Waals surface area contributed by atoms with Crippen molar-refractivity contribution in [1.29, 1.82) is 0 Å². The Balaban J connectivity index is 0.00000117. The first-order chi connectivity index (χ1) is 12.5. The van der Waals surface area contributed by atoms with Crippen LogP contribution in [0.25, 0.3) is 0 Å². The molecule has 0 bridgehead atoms. The summed E-state index contributed by atoms with van der Waals surface area (Å²) in [5.41, 5.74) is 3.75. The van der Waals surface area contributed by atoms with E-state index in [1.165, 1.54) is 69.8 Å². The van der Waals surface area contributed by atoms with Gasteiger partial charge in [0.05, 0.1) is 0 Å². The number of fused-ring (bicyclic) bond motifs is 3. The van der Waals surface area contributed by atoms with E-state index in [-0.39, 0.29) is 0 Å². The third kappa shape index (κ3) is 4.15. The van der Waals surface area contributed by atoms with Crippen LogP contribution in [-0.2, 0) is 0 Å². The second kappa shape index (κ2) is 9.61. The van der Waals surface area contributed by atoms with Crippen molar-refractivity contribution in [3.8, 4) is 0 Å². The van der Waals surface area contributed by atoms with Crippen molar-refractivity contribution in [2.45, 2.75) is 106 Å². The van der Waals surface area contributed by atoms with Gasteiger partial charge in [0.1, 0.15) is 0 Å². The fraction of sp³-hybridized carbons (Fsp3) is 0.846. The van der Waals surface area contributed by atoms with Gasteiger partial charge in [-0.2, -0.15) is 0 Å². The third-order valence-electron chi connectivity index (χ3n) is 8.41. The molecule has 0 amide bonds. The van der Waals surface area contributed by atoms with Crippen molar-refractivity contribution in [3.63, 3.8) is 0 Å².